The molecule has 1 aliphatic rings. The smallest absolute Gasteiger partial charge is 0.134 e. The second-order valence-corrected chi connectivity index (χ2v) is 5.36. The van der Waals surface area contributed by atoms with E-state index in [2.05, 4.69) is 32.4 Å². The van der Waals surface area contributed by atoms with Gasteiger partial charge in [-0.3, -0.25) is 0 Å². The van der Waals surface area contributed by atoms with Crippen molar-refractivity contribution in [2.24, 2.45) is 0 Å². The third-order valence-corrected chi connectivity index (χ3v) is 3.91. The van der Waals surface area contributed by atoms with Crippen LogP contribution in [0.1, 0.15) is 37.2 Å². The van der Waals surface area contributed by atoms with Crippen LogP contribution in [-0.4, -0.2) is 42.5 Å². The van der Waals surface area contributed by atoms with Crippen molar-refractivity contribution in [3.05, 3.63) is 30.2 Å². The highest BCUT2D eigenvalue weighted by Gasteiger charge is 2.29. The van der Waals surface area contributed by atoms with Gasteiger partial charge in [-0.05, 0) is 19.8 Å². The molecule has 1 saturated carbocycles. The minimum atomic E-state index is -0.165. The van der Waals surface area contributed by atoms with E-state index >= 15 is 0 Å². The number of aryl methyl sites for hydroxylation is 1. The fraction of sp³-hybridized carbons (Fsp3) is 0.571. The van der Waals surface area contributed by atoms with Crippen LogP contribution in [0.25, 0.3) is 0 Å². The molecule has 0 amide bonds. The lowest BCUT2D eigenvalue weighted by Crippen LogP contribution is -2.27. The number of hydrogen-bond acceptors (Lipinski definition) is 6. The Bertz CT molecular complexity index is 593. The maximum Gasteiger partial charge on any atom is 0.134 e. The Balaban J connectivity index is 1.54. The molecule has 0 unspecified atom stereocenters. The summed E-state index contributed by atoms with van der Waals surface area (Å²) in [6, 6.07) is 1.97. The standard InChI is InChI=1S/C14H20N6O/c1-2-20-9-18-19-14(20)3-4-15-13-7-12(16-8-17-13)10-5-11(21)6-10/h7-11,21H,2-6H2,1H3,(H,15,16,17). The van der Waals surface area contributed by atoms with Gasteiger partial charge in [0.05, 0.1) is 6.10 Å². The van der Waals surface area contributed by atoms with Crippen LogP contribution in [0.2, 0.25) is 0 Å². The monoisotopic (exact) mass is 288 g/mol. The highest BCUT2D eigenvalue weighted by atomic mass is 16.3. The molecule has 2 aromatic heterocycles. The number of anilines is 1. The largest absolute Gasteiger partial charge is 0.393 e. The van der Waals surface area contributed by atoms with Gasteiger partial charge in [0.15, 0.2) is 0 Å². The molecule has 0 atom stereocenters. The van der Waals surface area contributed by atoms with E-state index < -0.39 is 0 Å². The van der Waals surface area contributed by atoms with Crippen LogP contribution in [0.5, 0.6) is 0 Å². The Labute approximate surface area is 123 Å². The van der Waals surface area contributed by atoms with Gasteiger partial charge in [-0.25, -0.2) is 9.97 Å². The molecular weight excluding hydrogens is 268 g/mol. The van der Waals surface area contributed by atoms with Crippen molar-refractivity contribution in [1.29, 1.82) is 0 Å². The van der Waals surface area contributed by atoms with Crippen molar-refractivity contribution in [2.45, 2.75) is 44.8 Å². The Hall–Kier alpha value is -2.02. The highest BCUT2D eigenvalue weighted by Crippen LogP contribution is 2.35. The summed E-state index contributed by atoms with van der Waals surface area (Å²) in [4.78, 5) is 8.53. The molecule has 0 bridgehead atoms. The molecular formula is C14H20N6O. The summed E-state index contributed by atoms with van der Waals surface area (Å²) >= 11 is 0. The second kappa shape index (κ2) is 6.17. The van der Waals surface area contributed by atoms with Gasteiger partial charge in [-0.1, -0.05) is 0 Å². The summed E-state index contributed by atoms with van der Waals surface area (Å²) in [5.41, 5.74) is 1.01. The summed E-state index contributed by atoms with van der Waals surface area (Å²) in [5.74, 6) is 2.16. The molecule has 112 valence electrons. The molecule has 21 heavy (non-hydrogen) atoms. The minimum absolute atomic E-state index is 0.165. The minimum Gasteiger partial charge on any atom is -0.393 e. The van der Waals surface area contributed by atoms with Gasteiger partial charge < -0.3 is 15.0 Å². The molecule has 3 rings (SSSR count). The van der Waals surface area contributed by atoms with E-state index in [0.717, 1.165) is 49.7 Å². The Morgan fingerprint density at radius 3 is 3.00 bits per heavy atom. The molecule has 2 heterocycles. The van der Waals surface area contributed by atoms with Gasteiger partial charge in [-0.15, -0.1) is 10.2 Å². The molecule has 2 N–H and O–H groups in total. The first-order valence-corrected chi connectivity index (χ1v) is 7.36. The molecule has 0 aromatic carbocycles. The highest BCUT2D eigenvalue weighted by molar-refractivity contribution is 5.36. The van der Waals surface area contributed by atoms with Gasteiger partial charge >= 0.3 is 0 Å². The maximum atomic E-state index is 9.37. The van der Waals surface area contributed by atoms with E-state index in [1.165, 1.54) is 0 Å². The first-order chi connectivity index (χ1) is 10.3. The van der Waals surface area contributed by atoms with E-state index in [4.69, 9.17) is 0 Å². The van der Waals surface area contributed by atoms with Crippen LogP contribution in [-0.2, 0) is 13.0 Å². The lowest BCUT2D eigenvalue weighted by Gasteiger charge is -2.30. The number of rotatable bonds is 6. The van der Waals surface area contributed by atoms with Crippen LogP contribution in [0.4, 0.5) is 5.82 Å². The van der Waals surface area contributed by atoms with Crippen LogP contribution in [0.15, 0.2) is 18.7 Å². The Morgan fingerprint density at radius 2 is 2.24 bits per heavy atom. The van der Waals surface area contributed by atoms with Crippen LogP contribution >= 0.6 is 0 Å². The number of aromatic nitrogens is 5. The number of nitrogens with zero attached hydrogens (tertiary/aromatic N) is 5. The molecule has 7 nitrogen and oxygen atoms in total. The normalized spacial score (nSPS) is 21.0. The van der Waals surface area contributed by atoms with Crippen LogP contribution < -0.4 is 5.32 Å². The topological polar surface area (TPSA) is 88.8 Å². The van der Waals surface area contributed by atoms with Crippen molar-refractivity contribution in [3.8, 4) is 0 Å². The molecule has 1 fully saturated rings. The Morgan fingerprint density at radius 1 is 1.38 bits per heavy atom. The first-order valence-electron chi connectivity index (χ1n) is 7.36. The fourth-order valence-corrected chi connectivity index (χ4v) is 2.56. The van der Waals surface area contributed by atoms with E-state index in [1.807, 2.05) is 10.6 Å². The van der Waals surface area contributed by atoms with Crippen molar-refractivity contribution in [1.82, 2.24) is 24.7 Å². The zero-order chi connectivity index (χ0) is 14.7. The first kappa shape index (κ1) is 13.9. The average molecular weight is 288 g/mol. The van der Waals surface area contributed by atoms with Gasteiger partial charge in [0.1, 0.15) is 24.3 Å². The molecule has 0 saturated heterocycles. The predicted octanol–water partition coefficient (Wildman–Crippen LogP) is 0.981. The van der Waals surface area contributed by atoms with Gasteiger partial charge in [0, 0.05) is 37.2 Å². The molecule has 7 heteroatoms. The third-order valence-electron chi connectivity index (χ3n) is 3.91. The predicted molar refractivity (Wildman–Crippen MR) is 77.9 cm³/mol. The number of aliphatic hydroxyl groups is 1. The lowest BCUT2D eigenvalue weighted by atomic mass is 9.80. The summed E-state index contributed by atoms with van der Waals surface area (Å²) in [6.07, 6.45) is 5.57. The zero-order valence-corrected chi connectivity index (χ0v) is 12.1. The van der Waals surface area contributed by atoms with Crippen molar-refractivity contribution in [2.75, 3.05) is 11.9 Å². The van der Waals surface area contributed by atoms with E-state index in [9.17, 15) is 5.11 Å². The van der Waals surface area contributed by atoms with Crippen LogP contribution in [0.3, 0.4) is 0 Å². The van der Waals surface area contributed by atoms with Crippen molar-refractivity contribution < 1.29 is 5.11 Å². The fourth-order valence-electron chi connectivity index (χ4n) is 2.56. The van der Waals surface area contributed by atoms with Crippen molar-refractivity contribution >= 4 is 5.82 Å². The summed E-state index contributed by atoms with van der Waals surface area (Å²) in [7, 11) is 0. The van der Waals surface area contributed by atoms with Crippen molar-refractivity contribution in [3.63, 3.8) is 0 Å². The van der Waals surface area contributed by atoms with Gasteiger partial charge in [-0.2, -0.15) is 0 Å². The molecule has 1 aliphatic carbocycles. The number of hydrogen-bond donors (Lipinski definition) is 2. The van der Waals surface area contributed by atoms with Gasteiger partial charge in [0.25, 0.3) is 0 Å². The van der Waals surface area contributed by atoms with Crippen LogP contribution in [0, 0.1) is 0 Å². The lowest BCUT2D eigenvalue weighted by molar-refractivity contribution is 0.0732. The maximum absolute atomic E-state index is 9.37. The average Bonchev–Trinajstić information content (AvgIpc) is 2.92. The molecule has 2 aromatic rings. The molecule has 0 aliphatic heterocycles. The zero-order valence-electron chi connectivity index (χ0n) is 12.1. The summed E-state index contributed by atoms with van der Waals surface area (Å²) in [5, 5.41) is 20.7. The molecule has 0 radical (unpaired) electrons. The van der Waals surface area contributed by atoms with E-state index in [0.29, 0.717) is 5.92 Å². The molecule has 0 spiro atoms. The SMILES string of the molecule is CCn1cnnc1CCNc1cc(C2CC(O)C2)ncn1. The Kier molecular flexibility index (Phi) is 4.10. The third kappa shape index (κ3) is 3.18. The van der Waals surface area contributed by atoms with E-state index in [1.54, 1.807) is 12.7 Å². The quantitative estimate of drug-likeness (QED) is 0.823. The number of nitrogens with one attached hydrogen (secondary N) is 1. The van der Waals surface area contributed by atoms with E-state index in [-0.39, 0.29) is 6.10 Å². The summed E-state index contributed by atoms with van der Waals surface area (Å²) in [6.45, 7) is 3.70. The second-order valence-electron chi connectivity index (χ2n) is 5.36. The number of aliphatic hydroxyl groups excluding tert-OH is 1. The summed E-state index contributed by atoms with van der Waals surface area (Å²) < 4.78 is 2.03. The van der Waals surface area contributed by atoms with Gasteiger partial charge in [0.2, 0.25) is 0 Å².